The van der Waals surface area contributed by atoms with Gasteiger partial charge in [0.2, 0.25) is 11.8 Å². The summed E-state index contributed by atoms with van der Waals surface area (Å²) in [5, 5.41) is 14.0. The van der Waals surface area contributed by atoms with Crippen molar-refractivity contribution in [3.05, 3.63) is 65.5 Å². The van der Waals surface area contributed by atoms with Crippen LogP contribution >= 0.6 is 0 Å². The van der Waals surface area contributed by atoms with E-state index in [1.165, 1.54) is 6.07 Å². The minimum Gasteiger partial charge on any atom is -0.361 e. The molecule has 3 aromatic rings. The zero-order chi connectivity index (χ0) is 30.9. The first-order valence-electron chi connectivity index (χ1n) is 14.9. The number of aryl methyl sites for hydroxylation is 1. The summed E-state index contributed by atoms with van der Waals surface area (Å²) in [6, 6.07) is 12.2. The molecule has 1 fully saturated rings. The van der Waals surface area contributed by atoms with Crippen LogP contribution in [0.2, 0.25) is 0 Å². The zero-order valence-electron chi connectivity index (χ0n) is 24.9. The van der Waals surface area contributed by atoms with E-state index >= 15 is 0 Å². The third-order valence-corrected chi connectivity index (χ3v) is 7.84. The van der Waals surface area contributed by atoms with E-state index in [9.17, 15) is 24.0 Å². The van der Waals surface area contributed by atoms with Crippen molar-refractivity contribution in [2.24, 2.45) is 11.8 Å². The fraction of sp³-hybridized carbons (Fsp3) is 0.455. The molecule has 10 heteroatoms. The SMILES string of the molecule is Cc1cc(C(=O)N[C@@H](Cc2cccc3ccccc23)C(=O)N[C@@H](CC(C)C)C(=O)N[C@H](C=O)C[C@@H]2CCCCC2=O)no1. The molecule has 0 bridgehead atoms. The number of carbonyl (C=O) groups excluding carboxylic acids is 5. The molecule has 10 nitrogen and oxygen atoms in total. The quantitative estimate of drug-likeness (QED) is 0.257. The number of carbonyl (C=O) groups is 5. The smallest absolute Gasteiger partial charge is 0.274 e. The van der Waals surface area contributed by atoms with Gasteiger partial charge in [0.05, 0.1) is 6.04 Å². The normalized spacial score (nSPS) is 17.2. The number of aromatic nitrogens is 1. The number of nitrogens with zero attached hydrogens (tertiary/aromatic N) is 1. The number of ketones is 1. The molecular formula is C33H40N4O6. The predicted octanol–water partition coefficient (Wildman–Crippen LogP) is 3.84. The summed E-state index contributed by atoms with van der Waals surface area (Å²) < 4.78 is 5.04. The van der Waals surface area contributed by atoms with Crippen molar-refractivity contribution >= 4 is 40.6 Å². The second-order valence-electron chi connectivity index (χ2n) is 11.8. The number of fused-ring (bicyclic) bond motifs is 1. The Hall–Kier alpha value is -4.34. The highest BCUT2D eigenvalue weighted by molar-refractivity contribution is 5.98. The Balaban J connectivity index is 1.54. The Labute approximate surface area is 251 Å². The van der Waals surface area contributed by atoms with Crippen molar-refractivity contribution in [2.45, 2.75) is 83.8 Å². The molecule has 0 aliphatic heterocycles. The van der Waals surface area contributed by atoms with Gasteiger partial charge in [0.1, 0.15) is 29.9 Å². The lowest BCUT2D eigenvalue weighted by Gasteiger charge is -2.27. The van der Waals surface area contributed by atoms with Gasteiger partial charge in [0, 0.05) is 24.8 Å². The summed E-state index contributed by atoms with van der Waals surface area (Å²) in [4.78, 5) is 64.5. The van der Waals surface area contributed by atoms with Gasteiger partial charge in [-0.1, -0.05) is 67.9 Å². The van der Waals surface area contributed by atoms with Gasteiger partial charge in [-0.3, -0.25) is 19.2 Å². The molecule has 3 N–H and O–H groups in total. The molecule has 1 aromatic heterocycles. The van der Waals surface area contributed by atoms with Crippen molar-refractivity contribution in [3.63, 3.8) is 0 Å². The third-order valence-electron chi connectivity index (χ3n) is 7.84. The summed E-state index contributed by atoms with van der Waals surface area (Å²) in [7, 11) is 0. The van der Waals surface area contributed by atoms with Crippen LogP contribution in [0.3, 0.4) is 0 Å². The molecule has 1 saturated carbocycles. The second kappa shape index (κ2) is 14.7. The monoisotopic (exact) mass is 588 g/mol. The molecule has 0 saturated heterocycles. The van der Waals surface area contributed by atoms with E-state index in [1.54, 1.807) is 6.92 Å². The molecule has 0 spiro atoms. The van der Waals surface area contributed by atoms with E-state index in [0.29, 0.717) is 31.3 Å². The average Bonchev–Trinajstić information content (AvgIpc) is 3.43. The maximum absolute atomic E-state index is 13.8. The van der Waals surface area contributed by atoms with Gasteiger partial charge in [0.25, 0.3) is 5.91 Å². The van der Waals surface area contributed by atoms with E-state index in [4.69, 9.17) is 4.52 Å². The van der Waals surface area contributed by atoms with E-state index in [2.05, 4.69) is 21.1 Å². The molecule has 0 radical (unpaired) electrons. The lowest BCUT2D eigenvalue weighted by molar-refractivity contribution is -0.131. The summed E-state index contributed by atoms with van der Waals surface area (Å²) in [5.41, 5.74) is 0.883. The summed E-state index contributed by atoms with van der Waals surface area (Å²) >= 11 is 0. The molecule has 1 heterocycles. The van der Waals surface area contributed by atoms with Crippen molar-refractivity contribution in [1.82, 2.24) is 21.1 Å². The fourth-order valence-corrected chi connectivity index (χ4v) is 5.62. The number of amides is 3. The molecule has 2 aromatic carbocycles. The first-order valence-corrected chi connectivity index (χ1v) is 14.9. The Morgan fingerprint density at radius 3 is 2.44 bits per heavy atom. The Bertz CT molecular complexity index is 1460. The Morgan fingerprint density at radius 1 is 1.00 bits per heavy atom. The number of benzene rings is 2. The van der Waals surface area contributed by atoms with Crippen LogP contribution in [0.25, 0.3) is 10.8 Å². The maximum Gasteiger partial charge on any atom is 0.274 e. The second-order valence-corrected chi connectivity index (χ2v) is 11.8. The number of hydrogen-bond acceptors (Lipinski definition) is 7. The average molecular weight is 589 g/mol. The van der Waals surface area contributed by atoms with Crippen LogP contribution < -0.4 is 16.0 Å². The van der Waals surface area contributed by atoms with Crippen molar-refractivity contribution in [2.75, 3.05) is 0 Å². The molecule has 43 heavy (non-hydrogen) atoms. The Kier molecular flexibility index (Phi) is 10.8. The van der Waals surface area contributed by atoms with Crippen LogP contribution in [0.1, 0.15) is 74.2 Å². The number of aldehydes is 1. The minimum absolute atomic E-state index is 0.0369. The summed E-state index contributed by atoms with van der Waals surface area (Å²) in [6.07, 6.45) is 4.32. The third kappa shape index (κ3) is 8.59. The molecular weight excluding hydrogens is 548 g/mol. The molecule has 4 rings (SSSR count). The minimum atomic E-state index is -1.04. The van der Waals surface area contributed by atoms with Gasteiger partial charge in [-0.25, -0.2) is 0 Å². The fourth-order valence-electron chi connectivity index (χ4n) is 5.62. The van der Waals surface area contributed by atoms with Crippen LogP contribution in [0.4, 0.5) is 0 Å². The summed E-state index contributed by atoms with van der Waals surface area (Å²) in [6.45, 7) is 5.51. The standard InChI is InChI=1S/C33H40N4O6/c1-20(2)15-27(31(40)34-25(19-38)17-24-10-5-7-14-30(24)39)35-32(41)28(36-33(42)29-16-21(3)43-37-29)18-23-12-8-11-22-9-4-6-13-26(22)23/h4,6,8-9,11-13,16,19-20,24-25,27-28H,5,7,10,14-15,17-18H2,1-3H3,(H,34,40)(H,35,41)(H,36,42)/t24-,25-,27-,28-/m0/s1. The molecule has 0 unspecified atom stereocenters. The highest BCUT2D eigenvalue weighted by Crippen LogP contribution is 2.24. The van der Waals surface area contributed by atoms with Crippen molar-refractivity contribution in [1.29, 1.82) is 0 Å². The predicted molar refractivity (Wildman–Crippen MR) is 161 cm³/mol. The molecule has 1 aliphatic carbocycles. The van der Waals surface area contributed by atoms with Crippen LogP contribution in [-0.2, 0) is 25.6 Å². The van der Waals surface area contributed by atoms with Crippen molar-refractivity contribution in [3.8, 4) is 0 Å². The Morgan fingerprint density at radius 2 is 1.74 bits per heavy atom. The summed E-state index contributed by atoms with van der Waals surface area (Å²) in [5.74, 6) is -1.29. The number of rotatable bonds is 13. The van der Waals surface area contributed by atoms with E-state index < -0.39 is 35.8 Å². The number of hydrogen-bond donors (Lipinski definition) is 3. The van der Waals surface area contributed by atoms with E-state index in [-0.39, 0.29) is 36.2 Å². The van der Waals surface area contributed by atoms with Gasteiger partial charge >= 0.3 is 0 Å². The first kappa shape index (κ1) is 31.6. The van der Waals surface area contributed by atoms with Crippen LogP contribution in [-0.4, -0.2) is 53.1 Å². The lowest BCUT2D eigenvalue weighted by atomic mass is 9.84. The zero-order valence-corrected chi connectivity index (χ0v) is 24.9. The molecule has 3 amide bonds. The highest BCUT2D eigenvalue weighted by atomic mass is 16.5. The lowest BCUT2D eigenvalue weighted by Crippen LogP contribution is -2.56. The van der Waals surface area contributed by atoms with Crippen LogP contribution in [0, 0.1) is 18.8 Å². The van der Waals surface area contributed by atoms with Gasteiger partial charge in [-0.05, 0) is 54.9 Å². The molecule has 4 atom stereocenters. The van der Waals surface area contributed by atoms with Gasteiger partial charge in [-0.15, -0.1) is 0 Å². The topological polar surface area (TPSA) is 147 Å². The van der Waals surface area contributed by atoms with Gasteiger partial charge < -0.3 is 25.3 Å². The van der Waals surface area contributed by atoms with Crippen molar-refractivity contribution < 1.29 is 28.5 Å². The van der Waals surface area contributed by atoms with Gasteiger partial charge in [-0.2, -0.15) is 0 Å². The van der Waals surface area contributed by atoms with Gasteiger partial charge in [0.15, 0.2) is 5.69 Å². The first-order chi connectivity index (χ1) is 20.6. The molecule has 1 aliphatic rings. The largest absolute Gasteiger partial charge is 0.361 e. The van der Waals surface area contributed by atoms with E-state index in [1.807, 2.05) is 56.3 Å². The number of Topliss-reactive ketones (excluding diaryl/α,β-unsaturated/α-hetero) is 1. The maximum atomic E-state index is 13.8. The van der Waals surface area contributed by atoms with Crippen LogP contribution in [0.15, 0.2) is 53.1 Å². The molecule has 228 valence electrons. The highest BCUT2D eigenvalue weighted by Gasteiger charge is 2.31. The number of nitrogens with one attached hydrogen (secondary N) is 3. The van der Waals surface area contributed by atoms with Crippen LogP contribution in [0.5, 0.6) is 0 Å². The van der Waals surface area contributed by atoms with E-state index in [0.717, 1.165) is 29.2 Å².